The van der Waals surface area contributed by atoms with E-state index in [1.54, 1.807) is 0 Å². The van der Waals surface area contributed by atoms with Crippen molar-refractivity contribution in [2.75, 3.05) is 0 Å². The first-order valence-corrected chi connectivity index (χ1v) is 5.35. The molecule has 5 nitrogen and oxygen atoms in total. The van der Waals surface area contributed by atoms with Gasteiger partial charge in [0.2, 0.25) is 0 Å². The average Bonchev–Trinajstić information content (AvgIpc) is 2.70. The summed E-state index contributed by atoms with van der Waals surface area (Å²) in [6, 6.07) is 9.69. The topological polar surface area (TPSA) is 89.4 Å². The number of aromatic hydroxyl groups is 3. The van der Waals surface area contributed by atoms with Crippen LogP contribution in [-0.2, 0) is 0 Å². The first-order chi connectivity index (χ1) is 8.65. The molecule has 0 spiro atoms. The maximum atomic E-state index is 9.77. The summed E-state index contributed by atoms with van der Waals surface area (Å²) in [6.07, 6.45) is 0. The van der Waals surface area contributed by atoms with E-state index in [4.69, 9.17) is 0 Å². The maximum Gasteiger partial charge on any atom is 0.146 e. The molecule has 4 N–H and O–H groups in total. The van der Waals surface area contributed by atoms with Crippen molar-refractivity contribution in [1.29, 1.82) is 0 Å². The van der Waals surface area contributed by atoms with Crippen LogP contribution in [0.25, 0.3) is 22.4 Å². The summed E-state index contributed by atoms with van der Waals surface area (Å²) in [5, 5.41) is 28.8. The van der Waals surface area contributed by atoms with Crippen LogP contribution in [0.2, 0.25) is 0 Å². The zero-order valence-corrected chi connectivity index (χ0v) is 9.25. The van der Waals surface area contributed by atoms with Gasteiger partial charge in [-0.3, -0.25) is 0 Å². The molecule has 0 aliphatic carbocycles. The Kier molecular flexibility index (Phi) is 2.13. The molecule has 3 aromatic rings. The molecule has 1 heterocycles. The van der Waals surface area contributed by atoms with Gasteiger partial charge in [-0.05, 0) is 12.1 Å². The van der Waals surface area contributed by atoms with E-state index in [1.807, 2.05) is 24.3 Å². The van der Waals surface area contributed by atoms with Gasteiger partial charge in [-0.1, -0.05) is 12.1 Å². The van der Waals surface area contributed by atoms with Crippen LogP contribution in [0.5, 0.6) is 17.2 Å². The molecule has 0 radical (unpaired) electrons. The van der Waals surface area contributed by atoms with Gasteiger partial charge in [0.15, 0.2) is 0 Å². The lowest BCUT2D eigenvalue weighted by Crippen LogP contribution is -1.83. The third kappa shape index (κ3) is 1.53. The number of hydrogen-bond donors (Lipinski definition) is 4. The molecular formula is C13H10N2O3. The Morgan fingerprint density at radius 1 is 0.944 bits per heavy atom. The minimum atomic E-state index is -0.230. The number of phenolic OH excluding ortho intramolecular Hbond substituents is 3. The second-order valence-electron chi connectivity index (χ2n) is 3.96. The van der Waals surface area contributed by atoms with Crippen molar-refractivity contribution < 1.29 is 15.3 Å². The summed E-state index contributed by atoms with van der Waals surface area (Å²) in [7, 11) is 0. The second-order valence-corrected chi connectivity index (χ2v) is 3.96. The van der Waals surface area contributed by atoms with E-state index in [0.29, 0.717) is 5.82 Å². The number of nitrogens with zero attached hydrogens (tertiary/aromatic N) is 1. The van der Waals surface area contributed by atoms with Crippen molar-refractivity contribution in [3.05, 3.63) is 36.4 Å². The Morgan fingerprint density at radius 2 is 1.61 bits per heavy atom. The Hall–Kier alpha value is -2.69. The third-order valence-electron chi connectivity index (χ3n) is 2.71. The lowest BCUT2D eigenvalue weighted by atomic mass is 10.1. The molecular weight excluding hydrogens is 232 g/mol. The summed E-state index contributed by atoms with van der Waals surface area (Å²) in [5.74, 6) is -0.311. The molecule has 0 saturated carbocycles. The first kappa shape index (κ1) is 10.5. The van der Waals surface area contributed by atoms with Gasteiger partial charge >= 0.3 is 0 Å². The van der Waals surface area contributed by atoms with Crippen molar-refractivity contribution in [2.45, 2.75) is 0 Å². The van der Waals surface area contributed by atoms with Crippen LogP contribution in [0.1, 0.15) is 0 Å². The van der Waals surface area contributed by atoms with E-state index < -0.39 is 0 Å². The van der Waals surface area contributed by atoms with Crippen LogP contribution in [0.3, 0.4) is 0 Å². The standard InChI is InChI=1S/C13H10N2O3/c16-7-5-10(17)12(11(18)6-7)13-14-8-3-1-2-4-9(8)15-13/h1-6,16-18H,(H,14,15). The number of hydrogen-bond acceptors (Lipinski definition) is 4. The van der Waals surface area contributed by atoms with Crippen LogP contribution in [-0.4, -0.2) is 25.3 Å². The van der Waals surface area contributed by atoms with E-state index >= 15 is 0 Å². The quantitative estimate of drug-likeness (QED) is 0.527. The Morgan fingerprint density at radius 3 is 2.28 bits per heavy atom. The fraction of sp³-hybridized carbons (Fsp3) is 0. The number of H-pyrrole nitrogens is 1. The SMILES string of the molecule is Oc1cc(O)c(-c2nc3ccccc3[nH]2)c(O)c1. The predicted molar refractivity (Wildman–Crippen MR) is 66.5 cm³/mol. The monoisotopic (exact) mass is 242 g/mol. The summed E-state index contributed by atoms with van der Waals surface area (Å²) in [5.41, 5.74) is 1.71. The number of rotatable bonds is 1. The normalized spacial score (nSPS) is 10.9. The van der Waals surface area contributed by atoms with Crippen LogP contribution in [0.15, 0.2) is 36.4 Å². The summed E-state index contributed by atoms with van der Waals surface area (Å²) < 4.78 is 0. The van der Waals surface area contributed by atoms with E-state index in [1.165, 1.54) is 0 Å². The largest absolute Gasteiger partial charge is 0.508 e. The van der Waals surface area contributed by atoms with Gasteiger partial charge in [0.25, 0.3) is 0 Å². The number of imidazole rings is 1. The van der Waals surface area contributed by atoms with Crippen molar-refractivity contribution in [1.82, 2.24) is 9.97 Å². The first-order valence-electron chi connectivity index (χ1n) is 5.35. The highest BCUT2D eigenvalue weighted by Crippen LogP contribution is 2.39. The van der Waals surface area contributed by atoms with Gasteiger partial charge < -0.3 is 20.3 Å². The Bertz CT molecular complexity index is 678. The molecule has 5 heteroatoms. The third-order valence-corrected chi connectivity index (χ3v) is 2.71. The number of nitrogens with one attached hydrogen (secondary N) is 1. The number of fused-ring (bicyclic) bond motifs is 1. The maximum absolute atomic E-state index is 9.77. The number of phenols is 3. The highest BCUT2D eigenvalue weighted by Gasteiger charge is 2.15. The van der Waals surface area contributed by atoms with Crippen molar-refractivity contribution in [2.24, 2.45) is 0 Å². The second kappa shape index (κ2) is 3.66. The van der Waals surface area contributed by atoms with Crippen LogP contribution in [0.4, 0.5) is 0 Å². The molecule has 2 aromatic carbocycles. The van der Waals surface area contributed by atoms with E-state index in [9.17, 15) is 15.3 Å². The Balaban J connectivity index is 2.26. The summed E-state index contributed by atoms with van der Waals surface area (Å²) >= 11 is 0. The molecule has 0 saturated heterocycles. The van der Waals surface area contributed by atoms with Gasteiger partial charge in [-0.15, -0.1) is 0 Å². The summed E-state index contributed by atoms with van der Waals surface area (Å²) in [4.78, 5) is 7.28. The molecule has 0 fully saturated rings. The molecule has 0 amide bonds. The minimum Gasteiger partial charge on any atom is -0.508 e. The summed E-state index contributed by atoms with van der Waals surface area (Å²) in [6.45, 7) is 0. The van der Waals surface area contributed by atoms with Crippen molar-refractivity contribution in [3.63, 3.8) is 0 Å². The fourth-order valence-corrected chi connectivity index (χ4v) is 1.91. The molecule has 0 unspecified atom stereocenters. The highest BCUT2D eigenvalue weighted by molar-refractivity contribution is 5.82. The van der Waals surface area contributed by atoms with Crippen LogP contribution in [0, 0.1) is 0 Å². The molecule has 3 rings (SSSR count). The average molecular weight is 242 g/mol. The molecule has 0 atom stereocenters. The number of para-hydroxylation sites is 2. The fourth-order valence-electron chi connectivity index (χ4n) is 1.91. The number of benzene rings is 2. The zero-order chi connectivity index (χ0) is 12.7. The van der Waals surface area contributed by atoms with Crippen molar-refractivity contribution in [3.8, 4) is 28.6 Å². The van der Waals surface area contributed by atoms with E-state index in [2.05, 4.69) is 9.97 Å². The van der Waals surface area contributed by atoms with Gasteiger partial charge in [0.05, 0.1) is 11.0 Å². The van der Waals surface area contributed by atoms with Gasteiger partial charge in [0, 0.05) is 12.1 Å². The van der Waals surface area contributed by atoms with Gasteiger partial charge in [0.1, 0.15) is 28.6 Å². The highest BCUT2D eigenvalue weighted by atomic mass is 16.3. The minimum absolute atomic E-state index is 0.170. The number of aromatic nitrogens is 2. The Labute approximate surface area is 102 Å². The molecule has 1 aromatic heterocycles. The molecule has 18 heavy (non-hydrogen) atoms. The predicted octanol–water partition coefficient (Wildman–Crippen LogP) is 2.35. The molecule has 0 aliphatic rings. The lowest BCUT2D eigenvalue weighted by Gasteiger charge is -2.04. The zero-order valence-electron chi connectivity index (χ0n) is 9.25. The van der Waals surface area contributed by atoms with E-state index in [-0.39, 0.29) is 22.8 Å². The lowest BCUT2D eigenvalue weighted by molar-refractivity contribution is 0.430. The van der Waals surface area contributed by atoms with Crippen molar-refractivity contribution >= 4 is 11.0 Å². The smallest absolute Gasteiger partial charge is 0.146 e. The van der Waals surface area contributed by atoms with Crippen LogP contribution >= 0.6 is 0 Å². The van der Waals surface area contributed by atoms with Gasteiger partial charge in [-0.25, -0.2) is 4.98 Å². The molecule has 90 valence electrons. The van der Waals surface area contributed by atoms with Gasteiger partial charge in [-0.2, -0.15) is 0 Å². The molecule has 0 aliphatic heterocycles. The molecule has 0 bridgehead atoms. The van der Waals surface area contributed by atoms with Crippen LogP contribution < -0.4 is 0 Å². The number of aromatic amines is 1. The van der Waals surface area contributed by atoms with E-state index in [0.717, 1.165) is 23.2 Å².